The van der Waals surface area contributed by atoms with Crippen LogP contribution in [0, 0.1) is 46.3 Å². The molecule has 0 radical (unpaired) electrons. The van der Waals surface area contributed by atoms with Crippen molar-refractivity contribution in [1.29, 1.82) is 0 Å². The number of esters is 1. The zero-order chi connectivity index (χ0) is 20.2. The molecule has 6 saturated carbocycles. The van der Waals surface area contributed by atoms with Crippen molar-refractivity contribution < 1.29 is 28.8 Å². The average molecular weight is 393 g/mol. The fourth-order valence-corrected chi connectivity index (χ4v) is 8.12. The lowest BCUT2D eigenvalue weighted by Gasteiger charge is -3.08. The van der Waals surface area contributed by atoms with Crippen LogP contribution in [0.1, 0.15) is 41.5 Å². The van der Waals surface area contributed by atoms with E-state index in [1.54, 1.807) is 24.3 Å². The van der Waals surface area contributed by atoms with Crippen molar-refractivity contribution in [3.63, 3.8) is 0 Å². The van der Waals surface area contributed by atoms with E-state index in [0.717, 1.165) is 0 Å². The third-order valence-corrected chi connectivity index (χ3v) is 8.67. The van der Waals surface area contributed by atoms with Crippen LogP contribution >= 0.6 is 0 Å². The number of carbonyl (C=O) groups is 4. The first-order valence-corrected chi connectivity index (χ1v) is 10.1. The Bertz CT molecular complexity index is 1010. The van der Waals surface area contributed by atoms with E-state index in [2.05, 4.69) is 0 Å². The zero-order valence-corrected chi connectivity index (χ0v) is 16.2. The molecule has 0 bridgehead atoms. The second kappa shape index (κ2) is 4.11. The summed E-state index contributed by atoms with van der Waals surface area (Å²) in [4.78, 5) is 56.2. The van der Waals surface area contributed by atoms with E-state index in [1.165, 1.54) is 0 Å². The van der Waals surface area contributed by atoms with E-state index >= 15 is 0 Å². The summed E-state index contributed by atoms with van der Waals surface area (Å²) >= 11 is 0. The molecule has 1 aromatic carbocycles. The van der Waals surface area contributed by atoms with Gasteiger partial charge >= 0.3 is 11.9 Å². The van der Waals surface area contributed by atoms with Crippen molar-refractivity contribution in [3.05, 3.63) is 35.4 Å². The molecule has 2 amide bonds. The van der Waals surface area contributed by atoms with Gasteiger partial charge in [-0.1, -0.05) is 17.2 Å². The molecule has 148 valence electrons. The lowest BCUT2D eigenvalue weighted by atomic mass is 8.92. The summed E-state index contributed by atoms with van der Waals surface area (Å²) in [5.41, 5.74) is -0.967. The van der Waals surface area contributed by atoms with Gasteiger partial charge in [0.15, 0.2) is 0 Å². The van der Waals surface area contributed by atoms with Crippen LogP contribution in [0.2, 0.25) is 0 Å². The molecule has 0 unspecified atom stereocenters. The number of benzene rings is 1. The monoisotopic (exact) mass is 393 g/mol. The Morgan fingerprint density at radius 1 is 0.828 bits per heavy atom. The second-order valence-corrected chi connectivity index (χ2v) is 10.4. The van der Waals surface area contributed by atoms with E-state index in [1.807, 2.05) is 20.8 Å². The molecule has 1 aromatic rings. The minimum absolute atomic E-state index is 0.115. The van der Waals surface area contributed by atoms with E-state index in [-0.39, 0.29) is 58.0 Å². The first-order valence-electron chi connectivity index (χ1n) is 10.1. The van der Waals surface area contributed by atoms with Crippen LogP contribution in [0.25, 0.3) is 0 Å². The number of fused-ring (bicyclic) bond motifs is 1. The molecule has 1 aliphatic heterocycles. The van der Waals surface area contributed by atoms with Gasteiger partial charge in [0.25, 0.3) is 11.8 Å². The van der Waals surface area contributed by atoms with Crippen LogP contribution in [-0.4, -0.2) is 34.4 Å². The van der Waals surface area contributed by atoms with Gasteiger partial charge in [-0.05, 0) is 68.4 Å². The first-order chi connectivity index (χ1) is 13.7. The van der Waals surface area contributed by atoms with E-state index < -0.39 is 28.8 Å². The SMILES string of the molecule is CC(C)(C)OC(=O)C12C3C4C1C1C2C3C41C(=O)ON1C(=O)c2ccccc2C1=O. The van der Waals surface area contributed by atoms with Gasteiger partial charge in [0.05, 0.1) is 22.0 Å². The Kier molecular flexibility index (Phi) is 2.29. The van der Waals surface area contributed by atoms with Crippen LogP contribution in [0.5, 0.6) is 0 Å². The number of carbonyl (C=O) groups excluding carboxylic acids is 4. The molecular formula is C22H19NO6. The topological polar surface area (TPSA) is 90.0 Å². The molecule has 0 saturated heterocycles. The molecule has 7 nitrogen and oxygen atoms in total. The molecule has 0 N–H and O–H groups in total. The maximum atomic E-state index is 13.0. The van der Waals surface area contributed by atoms with Gasteiger partial charge in [-0.25, -0.2) is 4.79 Å². The van der Waals surface area contributed by atoms with E-state index in [9.17, 15) is 19.2 Å². The van der Waals surface area contributed by atoms with Crippen LogP contribution in [0.4, 0.5) is 0 Å². The maximum absolute atomic E-state index is 13.0. The highest BCUT2D eigenvalue weighted by Crippen LogP contribution is 3.10. The average Bonchev–Trinajstić information content (AvgIpc) is 2.91. The molecule has 29 heavy (non-hydrogen) atoms. The van der Waals surface area contributed by atoms with Gasteiger partial charge in [0.2, 0.25) is 0 Å². The highest BCUT2D eigenvalue weighted by molar-refractivity contribution is 6.21. The predicted molar refractivity (Wildman–Crippen MR) is 94.7 cm³/mol. The largest absolute Gasteiger partial charge is 0.460 e. The normalized spacial score (nSPS) is 45.7. The van der Waals surface area contributed by atoms with Gasteiger partial charge in [-0.15, -0.1) is 0 Å². The van der Waals surface area contributed by atoms with Gasteiger partial charge in [0, 0.05) is 0 Å². The molecule has 6 aliphatic carbocycles. The highest BCUT2D eigenvalue weighted by atomic mass is 16.7. The van der Waals surface area contributed by atoms with Crippen molar-refractivity contribution in [2.45, 2.75) is 26.4 Å². The van der Waals surface area contributed by atoms with E-state index in [4.69, 9.17) is 9.57 Å². The third-order valence-electron chi connectivity index (χ3n) is 8.67. The standard InChI is InChI=1S/C22H19NO6/c1-20(2,3)28-18(26)21-10-13-11(21)15-12(21)14(10)22(13,15)19(27)29-23-16(24)8-6-4-5-7-9(8)17(23)25/h4-7,10-15H,1-3H3. The fraction of sp³-hybridized carbons (Fsp3) is 0.545. The molecule has 7 heteroatoms. The minimum atomic E-state index is -0.596. The summed E-state index contributed by atoms with van der Waals surface area (Å²) in [5, 5.41) is 0.609. The molecule has 0 atom stereocenters. The quantitative estimate of drug-likeness (QED) is 0.575. The number of hydroxylamine groups is 2. The Morgan fingerprint density at radius 2 is 1.24 bits per heavy atom. The number of amides is 2. The molecule has 0 aromatic heterocycles. The molecule has 6 fully saturated rings. The van der Waals surface area contributed by atoms with E-state index in [0.29, 0.717) is 5.06 Å². The summed E-state index contributed by atoms with van der Waals surface area (Å²) in [7, 11) is 0. The number of hydrogen-bond donors (Lipinski definition) is 0. The van der Waals surface area contributed by atoms with Gasteiger partial charge < -0.3 is 9.57 Å². The van der Waals surface area contributed by atoms with Crippen LogP contribution in [0.3, 0.4) is 0 Å². The zero-order valence-electron chi connectivity index (χ0n) is 16.2. The predicted octanol–water partition coefficient (Wildman–Crippen LogP) is 1.82. The van der Waals surface area contributed by atoms with Crippen LogP contribution in [0.15, 0.2) is 24.3 Å². The third kappa shape index (κ3) is 1.24. The smallest absolute Gasteiger partial charge is 0.340 e. The molecule has 1 heterocycles. The van der Waals surface area contributed by atoms with Gasteiger partial charge in [-0.2, -0.15) is 0 Å². The summed E-state index contributed by atoms with van der Waals surface area (Å²) in [6.45, 7) is 5.60. The van der Waals surface area contributed by atoms with Gasteiger partial charge in [0.1, 0.15) is 5.60 Å². The fourth-order valence-electron chi connectivity index (χ4n) is 8.12. The lowest BCUT2D eigenvalue weighted by molar-refractivity contribution is -0.630. The maximum Gasteiger partial charge on any atom is 0.340 e. The number of ether oxygens (including phenoxy) is 1. The molecule has 7 aliphatic rings. The number of imide groups is 1. The Labute approximate surface area is 166 Å². The first kappa shape index (κ1) is 16.1. The number of nitrogens with zero attached hydrogens (tertiary/aromatic N) is 1. The Hall–Kier alpha value is -2.70. The molecular weight excluding hydrogens is 374 g/mol. The van der Waals surface area contributed by atoms with Crippen LogP contribution in [-0.2, 0) is 19.2 Å². The van der Waals surface area contributed by atoms with Crippen molar-refractivity contribution in [1.82, 2.24) is 5.06 Å². The van der Waals surface area contributed by atoms with Crippen molar-refractivity contribution in [3.8, 4) is 0 Å². The summed E-state index contributed by atoms with van der Waals surface area (Å²) in [6.07, 6.45) is 0. The van der Waals surface area contributed by atoms with Crippen molar-refractivity contribution in [2.75, 3.05) is 0 Å². The Balaban J connectivity index is 1.11. The molecule has 0 spiro atoms. The second-order valence-electron chi connectivity index (χ2n) is 10.4. The van der Waals surface area contributed by atoms with Crippen molar-refractivity contribution >= 4 is 23.8 Å². The minimum Gasteiger partial charge on any atom is -0.460 e. The molecule has 8 rings (SSSR count). The van der Waals surface area contributed by atoms with Crippen LogP contribution < -0.4 is 0 Å². The number of hydrogen-bond acceptors (Lipinski definition) is 6. The van der Waals surface area contributed by atoms with Gasteiger partial charge in [-0.3, -0.25) is 14.4 Å². The Morgan fingerprint density at radius 3 is 1.66 bits per heavy atom. The lowest BCUT2D eigenvalue weighted by Crippen LogP contribution is -3.12. The summed E-state index contributed by atoms with van der Waals surface area (Å²) in [5.74, 6) is -0.773. The number of rotatable bonds is 3. The highest BCUT2D eigenvalue weighted by Gasteiger charge is 3.14. The summed E-state index contributed by atoms with van der Waals surface area (Å²) in [6, 6.07) is 6.45. The summed E-state index contributed by atoms with van der Waals surface area (Å²) < 4.78 is 5.66. The van der Waals surface area contributed by atoms with Crippen molar-refractivity contribution in [2.24, 2.45) is 46.3 Å².